The van der Waals surface area contributed by atoms with Crippen molar-refractivity contribution in [3.8, 4) is 5.75 Å². The highest BCUT2D eigenvalue weighted by atomic mass is 16.5. The van der Waals surface area contributed by atoms with Crippen LogP contribution in [-0.2, 0) is 4.79 Å². The van der Waals surface area contributed by atoms with Crippen molar-refractivity contribution in [1.82, 2.24) is 9.88 Å². The Balaban J connectivity index is 1.83. The summed E-state index contributed by atoms with van der Waals surface area (Å²) in [6, 6.07) is 8.99. The second-order valence-corrected chi connectivity index (χ2v) is 6.57. The quantitative estimate of drug-likeness (QED) is 0.890. The number of methoxy groups -OCH3 is 1. The lowest BCUT2D eigenvalue weighted by atomic mass is 10.0. The fraction of sp³-hybridized carbons (Fsp3) is 0.400. The van der Waals surface area contributed by atoms with Crippen LogP contribution in [-0.4, -0.2) is 54.2 Å². The standard InChI is InChI=1S/C20H25N3O3/c1-15-4-5-18(26-2)17(14-15)19(20(24)25)23-11-3-10-22(12-13-23)16-6-8-21-9-7-16/h4-9,14,19H,3,10-13H2,1-2H3,(H,24,25). The molecule has 3 rings (SSSR count). The number of carboxylic acid groups (broad SMARTS) is 1. The van der Waals surface area contributed by atoms with Gasteiger partial charge in [0, 0.05) is 49.8 Å². The zero-order valence-electron chi connectivity index (χ0n) is 15.3. The first-order chi connectivity index (χ1) is 12.6. The fourth-order valence-electron chi connectivity index (χ4n) is 3.56. The predicted molar refractivity (Wildman–Crippen MR) is 101 cm³/mol. The van der Waals surface area contributed by atoms with Gasteiger partial charge in [-0.1, -0.05) is 17.7 Å². The number of hydrogen-bond donors (Lipinski definition) is 1. The van der Waals surface area contributed by atoms with Gasteiger partial charge in [0.2, 0.25) is 0 Å². The van der Waals surface area contributed by atoms with Crippen LogP contribution in [0.4, 0.5) is 5.69 Å². The molecule has 0 radical (unpaired) electrons. The van der Waals surface area contributed by atoms with E-state index < -0.39 is 12.0 Å². The van der Waals surface area contributed by atoms with E-state index in [2.05, 4.69) is 9.88 Å². The average Bonchev–Trinajstić information content (AvgIpc) is 2.89. The summed E-state index contributed by atoms with van der Waals surface area (Å²) in [5.41, 5.74) is 2.87. The van der Waals surface area contributed by atoms with E-state index in [1.807, 2.05) is 42.2 Å². The van der Waals surface area contributed by atoms with Crippen LogP contribution in [0, 0.1) is 6.92 Å². The van der Waals surface area contributed by atoms with Gasteiger partial charge in [-0.05, 0) is 31.5 Å². The molecule has 1 aliphatic heterocycles. The minimum Gasteiger partial charge on any atom is -0.496 e. The zero-order chi connectivity index (χ0) is 18.5. The van der Waals surface area contributed by atoms with Gasteiger partial charge in [-0.25, -0.2) is 0 Å². The van der Waals surface area contributed by atoms with E-state index in [1.54, 1.807) is 19.5 Å². The summed E-state index contributed by atoms with van der Waals surface area (Å²) in [4.78, 5) is 20.5. The van der Waals surface area contributed by atoms with Gasteiger partial charge in [0.1, 0.15) is 11.8 Å². The topological polar surface area (TPSA) is 65.9 Å². The van der Waals surface area contributed by atoms with E-state index in [0.29, 0.717) is 12.3 Å². The lowest BCUT2D eigenvalue weighted by Gasteiger charge is -2.29. The number of ether oxygens (including phenoxy) is 1. The first-order valence-electron chi connectivity index (χ1n) is 8.86. The van der Waals surface area contributed by atoms with Crippen molar-refractivity contribution in [2.75, 3.05) is 38.2 Å². The Morgan fingerprint density at radius 2 is 1.92 bits per heavy atom. The number of carboxylic acids is 1. The van der Waals surface area contributed by atoms with Crippen molar-refractivity contribution in [2.45, 2.75) is 19.4 Å². The summed E-state index contributed by atoms with van der Waals surface area (Å²) < 4.78 is 5.44. The minimum absolute atomic E-state index is 0.623. The van der Waals surface area contributed by atoms with E-state index in [4.69, 9.17) is 4.74 Å². The minimum atomic E-state index is -0.841. The van der Waals surface area contributed by atoms with Crippen molar-refractivity contribution < 1.29 is 14.6 Å². The summed E-state index contributed by atoms with van der Waals surface area (Å²) in [6.07, 6.45) is 4.48. The van der Waals surface area contributed by atoms with E-state index in [0.717, 1.165) is 42.9 Å². The number of aryl methyl sites for hydroxylation is 1. The van der Waals surface area contributed by atoms with Crippen LogP contribution < -0.4 is 9.64 Å². The summed E-state index contributed by atoms with van der Waals surface area (Å²) in [5.74, 6) is -0.218. The molecule has 1 N–H and O–H groups in total. The van der Waals surface area contributed by atoms with Crippen LogP contribution in [0.15, 0.2) is 42.7 Å². The molecule has 6 heteroatoms. The van der Waals surface area contributed by atoms with Crippen LogP contribution in [0.3, 0.4) is 0 Å². The van der Waals surface area contributed by atoms with E-state index in [9.17, 15) is 9.90 Å². The lowest BCUT2D eigenvalue weighted by Crippen LogP contribution is -2.37. The highest BCUT2D eigenvalue weighted by Crippen LogP contribution is 2.31. The summed E-state index contributed by atoms with van der Waals surface area (Å²) in [6.45, 7) is 5.06. The number of nitrogens with zero attached hydrogens (tertiary/aromatic N) is 3. The molecule has 1 fully saturated rings. The van der Waals surface area contributed by atoms with Crippen molar-refractivity contribution in [3.05, 3.63) is 53.9 Å². The molecular weight excluding hydrogens is 330 g/mol. The van der Waals surface area contributed by atoms with Crippen LogP contribution in [0.5, 0.6) is 5.75 Å². The maximum absolute atomic E-state index is 12.1. The Bertz CT molecular complexity index is 751. The van der Waals surface area contributed by atoms with Gasteiger partial charge < -0.3 is 14.7 Å². The van der Waals surface area contributed by atoms with Crippen LogP contribution in [0.1, 0.15) is 23.6 Å². The maximum Gasteiger partial charge on any atom is 0.325 e. The molecule has 0 saturated carbocycles. The molecule has 0 bridgehead atoms. The molecule has 1 unspecified atom stereocenters. The van der Waals surface area contributed by atoms with E-state index in [-0.39, 0.29) is 0 Å². The number of rotatable bonds is 5. The second-order valence-electron chi connectivity index (χ2n) is 6.57. The summed E-state index contributed by atoms with van der Waals surface area (Å²) in [5, 5.41) is 9.95. The second kappa shape index (κ2) is 8.19. The highest BCUT2D eigenvalue weighted by molar-refractivity contribution is 5.77. The van der Waals surface area contributed by atoms with Crippen molar-refractivity contribution >= 4 is 11.7 Å². The van der Waals surface area contributed by atoms with Gasteiger partial charge in [0.15, 0.2) is 0 Å². The number of pyridine rings is 1. The fourth-order valence-corrected chi connectivity index (χ4v) is 3.56. The van der Waals surface area contributed by atoms with Gasteiger partial charge in [0.05, 0.1) is 7.11 Å². The Hall–Kier alpha value is -2.60. The van der Waals surface area contributed by atoms with Crippen LogP contribution in [0.2, 0.25) is 0 Å². The Kier molecular flexibility index (Phi) is 5.73. The number of hydrogen-bond acceptors (Lipinski definition) is 5. The Labute approximate surface area is 154 Å². The molecular formula is C20H25N3O3. The van der Waals surface area contributed by atoms with Crippen molar-refractivity contribution in [1.29, 1.82) is 0 Å². The molecule has 1 atom stereocenters. The molecule has 2 heterocycles. The molecule has 6 nitrogen and oxygen atoms in total. The molecule has 26 heavy (non-hydrogen) atoms. The molecule has 1 aromatic carbocycles. The van der Waals surface area contributed by atoms with Gasteiger partial charge >= 0.3 is 5.97 Å². The first-order valence-corrected chi connectivity index (χ1v) is 8.86. The predicted octanol–water partition coefficient (Wildman–Crippen LogP) is 2.74. The number of aromatic nitrogens is 1. The lowest BCUT2D eigenvalue weighted by molar-refractivity contribution is -0.143. The molecule has 0 amide bonds. The summed E-state index contributed by atoms with van der Waals surface area (Å²) in [7, 11) is 1.58. The highest BCUT2D eigenvalue weighted by Gasteiger charge is 2.31. The average molecular weight is 355 g/mol. The third-order valence-corrected chi connectivity index (χ3v) is 4.84. The largest absolute Gasteiger partial charge is 0.496 e. The normalized spacial score (nSPS) is 16.8. The van der Waals surface area contributed by atoms with Crippen molar-refractivity contribution in [2.24, 2.45) is 0 Å². The maximum atomic E-state index is 12.1. The van der Waals surface area contributed by atoms with Crippen LogP contribution in [0.25, 0.3) is 0 Å². The SMILES string of the molecule is COc1ccc(C)cc1C(C(=O)O)N1CCCN(c2ccncc2)CC1. The van der Waals surface area contributed by atoms with Gasteiger partial charge in [-0.2, -0.15) is 0 Å². The molecule has 0 aliphatic carbocycles. The number of benzene rings is 1. The van der Waals surface area contributed by atoms with E-state index in [1.165, 1.54) is 0 Å². The number of anilines is 1. The first kappa shape index (κ1) is 18.2. The van der Waals surface area contributed by atoms with Gasteiger partial charge in [-0.3, -0.25) is 14.7 Å². The van der Waals surface area contributed by atoms with Crippen molar-refractivity contribution in [3.63, 3.8) is 0 Å². The Morgan fingerprint density at radius 3 is 2.62 bits per heavy atom. The zero-order valence-corrected chi connectivity index (χ0v) is 15.3. The monoisotopic (exact) mass is 355 g/mol. The molecule has 138 valence electrons. The molecule has 0 spiro atoms. The summed E-state index contributed by atoms with van der Waals surface area (Å²) >= 11 is 0. The molecule has 1 aliphatic rings. The molecule has 2 aromatic rings. The number of carbonyl (C=O) groups is 1. The Morgan fingerprint density at radius 1 is 1.15 bits per heavy atom. The van der Waals surface area contributed by atoms with Crippen LogP contribution >= 0.6 is 0 Å². The van der Waals surface area contributed by atoms with E-state index >= 15 is 0 Å². The third-order valence-electron chi connectivity index (χ3n) is 4.84. The number of aliphatic carboxylic acids is 1. The molecule has 1 aromatic heterocycles. The van der Waals surface area contributed by atoms with Gasteiger partial charge in [-0.15, -0.1) is 0 Å². The third kappa shape index (κ3) is 3.96. The smallest absolute Gasteiger partial charge is 0.325 e. The molecule has 1 saturated heterocycles. The van der Waals surface area contributed by atoms with Gasteiger partial charge in [0.25, 0.3) is 0 Å².